The predicted molar refractivity (Wildman–Crippen MR) is 126 cm³/mol. The molecule has 2 amide bonds. The average molecular weight is 417 g/mol. The van der Waals surface area contributed by atoms with E-state index in [0.717, 1.165) is 21.7 Å². The number of thioether (sulfide) groups is 1. The Kier molecular flexibility index (Phi) is 7.46. The maximum absolute atomic E-state index is 12.2. The second-order valence-electron chi connectivity index (χ2n) is 6.89. The normalized spacial score (nSPS) is 10.7. The summed E-state index contributed by atoms with van der Waals surface area (Å²) < 4.78 is 0. The molecule has 0 aliphatic heterocycles. The summed E-state index contributed by atoms with van der Waals surface area (Å²) in [6.07, 6.45) is 3.28. The highest BCUT2D eigenvalue weighted by Crippen LogP contribution is 2.21. The van der Waals surface area contributed by atoms with Crippen LogP contribution < -0.4 is 10.6 Å². The molecule has 0 spiro atoms. The quantitative estimate of drug-likeness (QED) is 0.384. The van der Waals surface area contributed by atoms with Crippen LogP contribution in [0.2, 0.25) is 0 Å². The van der Waals surface area contributed by atoms with Crippen molar-refractivity contribution in [3.63, 3.8) is 0 Å². The number of hydrogen-bond donors (Lipinski definition) is 2. The van der Waals surface area contributed by atoms with Gasteiger partial charge in [-0.3, -0.25) is 9.59 Å². The molecule has 0 fully saturated rings. The Balaban J connectivity index is 1.47. The number of nitrogens with one attached hydrogen (secondary N) is 2. The Morgan fingerprint density at radius 1 is 0.833 bits per heavy atom. The van der Waals surface area contributed by atoms with Gasteiger partial charge in [-0.25, -0.2) is 0 Å². The van der Waals surface area contributed by atoms with Crippen molar-refractivity contribution >= 4 is 41.0 Å². The lowest BCUT2D eigenvalue weighted by atomic mass is 10.1. The van der Waals surface area contributed by atoms with Crippen LogP contribution in [0.15, 0.2) is 83.8 Å². The van der Waals surface area contributed by atoms with Crippen LogP contribution in [0, 0.1) is 13.8 Å². The molecule has 0 radical (unpaired) electrons. The van der Waals surface area contributed by atoms with Gasteiger partial charge in [-0.15, -0.1) is 11.8 Å². The lowest BCUT2D eigenvalue weighted by Gasteiger charge is -2.08. The van der Waals surface area contributed by atoms with Crippen LogP contribution in [0.5, 0.6) is 0 Å². The molecule has 3 rings (SSSR count). The number of benzene rings is 3. The highest BCUT2D eigenvalue weighted by Gasteiger charge is 2.05. The van der Waals surface area contributed by atoms with Gasteiger partial charge in [0.05, 0.1) is 5.75 Å². The van der Waals surface area contributed by atoms with E-state index in [-0.39, 0.29) is 11.8 Å². The summed E-state index contributed by atoms with van der Waals surface area (Å²) in [6, 6.07) is 23.0. The van der Waals surface area contributed by atoms with Gasteiger partial charge >= 0.3 is 0 Å². The topological polar surface area (TPSA) is 58.2 Å². The monoisotopic (exact) mass is 416 g/mol. The van der Waals surface area contributed by atoms with E-state index >= 15 is 0 Å². The smallest absolute Gasteiger partial charge is 0.248 e. The minimum absolute atomic E-state index is 0.0494. The molecule has 0 aromatic heterocycles. The van der Waals surface area contributed by atoms with E-state index in [4.69, 9.17) is 0 Å². The first-order valence-corrected chi connectivity index (χ1v) is 10.6. The summed E-state index contributed by atoms with van der Waals surface area (Å²) in [7, 11) is 0. The van der Waals surface area contributed by atoms with Gasteiger partial charge in [-0.2, -0.15) is 0 Å². The van der Waals surface area contributed by atoms with Gasteiger partial charge in [0.15, 0.2) is 0 Å². The Labute approximate surface area is 181 Å². The Bertz CT molecular complexity index is 1040. The van der Waals surface area contributed by atoms with Gasteiger partial charge in [0.25, 0.3) is 0 Å². The number of hydrogen-bond acceptors (Lipinski definition) is 3. The molecule has 0 bridgehead atoms. The summed E-state index contributed by atoms with van der Waals surface area (Å²) in [4.78, 5) is 25.2. The van der Waals surface area contributed by atoms with Gasteiger partial charge in [0, 0.05) is 22.3 Å². The van der Waals surface area contributed by atoms with Crippen LogP contribution in [0.4, 0.5) is 11.4 Å². The van der Waals surface area contributed by atoms with E-state index in [2.05, 4.69) is 10.6 Å². The van der Waals surface area contributed by atoms with E-state index < -0.39 is 0 Å². The molecule has 0 unspecified atom stereocenters. The third-order valence-electron chi connectivity index (χ3n) is 4.51. The number of aryl methyl sites for hydroxylation is 2. The maximum Gasteiger partial charge on any atom is 0.248 e. The fourth-order valence-electron chi connectivity index (χ4n) is 2.72. The molecule has 30 heavy (non-hydrogen) atoms. The van der Waals surface area contributed by atoms with E-state index in [0.29, 0.717) is 11.4 Å². The SMILES string of the molecule is Cc1ccc(NC(=O)CSc2ccc(NC(=O)/C=C/c3ccccc3)cc2)cc1C. The van der Waals surface area contributed by atoms with E-state index in [1.165, 1.54) is 23.4 Å². The first kappa shape index (κ1) is 21.4. The molecular formula is C25H24N2O2S. The summed E-state index contributed by atoms with van der Waals surface area (Å²) >= 11 is 1.45. The largest absolute Gasteiger partial charge is 0.325 e. The molecule has 0 saturated carbocycles. The number of anilines is 2. The predicted octanol–water partition coefficient (Wildman–Crippen LogP) is 5.69. The summed E-state index contributed by atoms with van der Waals surface area (Å²) in [5.74, 6) is 0.0806. The van der Waals surface area contributed by atoms with Crippen molar-refractivity contribution in [3.05, 3.63) is 95.6 Å². The molecule has 4 nitrogen and oxygen atoms in total. The third-order valence-corrected chi connectivity index (χ3v) is 5.52. The van der Waals surface area contributed by atoms with Gasteiger partial charge < -0.3 is 10.6 Å². The lowest BCUT2D eigenvalue weighted by molar-refractivity contribution is -0.114. The fourth-order valence-corrected chi connectivity index (χ4v) is 3.42. The Morgan fingerprint density at radius 2 is 1.53 bits per heavy atom. The number of carbonyl (C=O) groups is 2. The molecule has 0 heterocycles. The summed E-state index contributed by atoms with van der Waals surface area (Å²) in [5.41, 5.74) is 4.84. The van der Waals surface area contributed by atoms with E-state index in [9.17, 15) is 9.59 Å². The lowest BCUT2D eigenvalue weighted by Crippen LogP contribution is -2.14. The molecule has 0 aliphatic carbocycles. The zero-order valence-electron chi connectivity index (χ0n) is 17.0. The van der Waals surface area contributed by atoms with E-state index in [1.807, 2.05) is 86.6 Å². The van der Waals surface area contributed by atoms with Crippen molar-refractivity contribution in [1.82, 2.24) is 0 Å². The van der Waals surface area contributed by atoms with Gasteiger partial charge in [0.1, 0.15) is 0 Å². The highest BCUT2D eigenvalue weighted by molar-refractivity contribution is 8.00. The van der Waals surface area contributed by atoms with Crippen LogP contribution in [0.3, 0.4) is 0 Å². The van der Waals surface area contributed by atoms with Crippen molar-refractivity contribution in [2.45, 2.75) is 18.7 Å². The molecule has 0 saturated heterocycles. The van der Waals surface area contributed by atoms with Crippen molar-refractivity contribution in [2.24, 2.45) is 0 Å². The maximum atomic E-state index is 12.2. The number of rotatable bonds is 7. The number of amides is 2. The molecule has 0 atom stereocenters. The molecule has 3 aromatic carbocycles. The summed E-state index contributed by atoms with van der Waals surface area (Å²) in [5, 5.41) is 5.75. The van der Waals surface area contributed by atoms with Crippen LogP contribution >= 0.6 is 11.8 Å². The molecule has 3 aromatic rings. The third kappa shape index (κ3) is 6.64. The number of carbonyl (C=O) groups excluding carboxylic acids is 2. The molecule has 152 valence electrons. The fraction of sp³-hybridized carbons (Fsp3) is 0.120. The summed E-state index contributed by atoms with van der Waals surface area (Å²) in [6.45, 7) is 4.07. The van der Waals surface area contributed by atoms with Crippen molar-refractivity contribution < 1.29 is 9.59 Å². The molecule has 0 aliphatic rings. The highest BCUT2D eigenvalue weighted by atomic mass is 32.2. The Morgan fingerprint density at radius 3 is 2.23 bits per heavy atom. The Hall–Kier alpha value is -3.31. The van der Waals surface area contributed by atoms with Crippen LogP contribution in [0.25, 0.3) is 6.08 Å². The molecular weight excluding hydrogens is 392 g/mol. The zero-order chi connectivity index (χ0) is 21.3. The van der Waals surface area contributed by atoms with Gasteiger partial charge in [-0.1, -0.05) is 36.4 Å². The van der Waals surface area contributed by atoms with Crippen LogP contribution in [-0.2, 0) is 9.59 Å². The second kappa shape index (κ2) is 10.5. The first-order valence-electron chi connectivity index (χ1n) is 9.64. The minimum atomic E-state index is -0.188. The van der Waals surface area contributed by atoms with E-state index in [1.54, 1.807) is 6.08 Å². The van der Waals surface area contributed by atoms with Gasteiger partial charge in [0.2, 0.25) is 11.8 Å². The van der Waals surface area contributed by atoms with Crippen molar-refractivity contribution in [1.29, 1.82) is 0 Å². The second-order valence-corrected chi connectivity index (χ2v) is 7.94. The zero-order valence-corrected chi connectivity index (χ0v) is 17.8. The average Bonchev–Trinajstić information content (AvgIpc) is 2.75. The first-order chi connectivity index (χ1) is 14.5. The van der Waals surface area contributed by atoms with Crippen molar-refractivity contribution in [2.75, 3.05) is 16.4 Å². The van der Waals surface area contributed by atoms with Gasteiger partial charge in [-0.05, 0) is 73.0 Å². The molecule has 5 heteroatoms. The standard InChI is InChI=1S/C25H24N2O2S/c1-18-8-10-22(16-19(18)2)27-25(29)17-30-23-13-11-21(12-14-23)26-24(28)15-9-20-6-4-3-5-7-20/h3-16H,17H2,1-2H3,(H,26,28)(H,27,29)/b15-9+. The van der Waals surface area contributed by atoms with Crippen LogP contribution in [-0.4, -0.2) is 17.6 Å². The van der Waals surface area contributed by atoms with Crippen LogP contribution in [0.1, 0.15) is 16.7 Å². The van der Waals surface area contributed by atoms with Crippen molar-refractivity contribution in [3.8, 4) is 0 Å². The molecule has 2 N–H and O–H groups in total. The minimum Gasteiger partial charge on any atom is -0.325 e.